The molecule has 0 aliphatic heterocycles. The van der Waals surface area contributed by atoms with Gasteiger partial charge in [0.1, 0.15) is 0 Å². The third kappa shape index (κ3) is 5.31. The van der Waals surface area contributed by atoms with Gasteiger partial charge in [-0.1, -0.05) is 13.2 Å². The van der Waals surface area contributed by atoms with E-state index in [2.05, 4.69) is 22.6 Å². The maximum atomic E-state index is 13.6. The van der Waals surface area contributed by atoms with Gasteiger partial charge in [-0.15, -0.1) is 0 Å². The molecular weight excluding hydrogens is 484 g/mol. The number of rotatable bonds is 13. The topological polar surface area (TPSA) is 52.6 Å². The highest BCUT2D eigenvalue weighted by atomic mass is 19.4. The molecule has 186 valence electrons. The molecule has 0 amide bonds. The average molecular weight is 498 g/mol. The minimum Gasteiger partial charge on any atom is -0.463 e. The maximum absolute atomic E-state index is 13.6. The first-order chi connectivity index (χ1) is 14.2. The number of unbranched alkanes of at least 4 members (excludes halogenated alkanes) is 1. The van der Waals surface area contributed by atoms with Crippen molar-refractivity contribution in [3.05, 3.63) is 25.3 Å². The van der Waals surface area contributed by atoms with Crippen LogP contribution in [0.4, 0.5) is 52.7 Å². The van der Waals surface area contributed by atoms with Gasteiger partial charge in [0.05, 0.1) is 6.61 Å². The first-order valence-electron chi connectivity index (χ1n) is 8.07. The van der Waals surface area contributed by atoms with E-state index in [4.69, 9.17) is 0 Å². The van der Waals surface area contributed by atoms with Gasteiger partial charge in [-0.25, -0.2) is 9.59 Å². The van der Waals surface area contributed by atoms with Gasteiger partial charge in [0.25, 0.3) is 0 Å². The quantitative estimate of drug-likeness (QED) is 0.148. The van der Waals surface area contributed by atoms with Gasteiger partial charge >= 0.3 is 47.7 Å². The van der Waals surface area contributed by atoms with Gasteiger partial charge < -0.3 is 9.47 Å². The Bertz CT molecular complexity index is 718. The van der Waals surface area contributed by atoms with Gasteiger partial charge in [-0.2, -0.15) is 52.7 Å². The Labute approximate surface area is 171 Å². The minimum atomic E-state index is -7.85. The van der Waals surface area contributed by atoms with Crippen LogP contribution in [0, 0.1) is 0 Å². The van der Waals surface area contributed by atoms with Crippen molar-refractivity contribution in [2.45, 2.75) is 55.0 Å². The Balaban J connectivity index is 5.79. The number of esters is 2. The third-order valence-corrected chi connectivity index (χ3v) is 3.70. The molecule has 0 aromatic rings. The van der Waals surface area contributed by atoms with E-state index in [1.807, 2.05) is 0 Å². The molecule has 0 atom stereocenters. The molecule has 0 radical (unpaired) electrons. The smallest absolute Gasteiger partial charge is 0.463 e. The second-order valence-corrected chi connectivity index (χ2v) is 5.97. The molecular formula is C16H14F12O4. The molecule has 0 bridgehead atoms. The summed E-state index contributed by atoms with van der Waals surface area (Å²) in [6.45, 7) is 4.66. The number of carbonyl (C=O) groups is 2. The summed E-state index contributed by atoms with van der Waals surface area (Å²) in [5, 5.41) is 0. The average Bonchev–Trinajstić information content (AvgIpc) is 2.65. The number of alkyl halides is 12. The highest BCUT2D eigenvalue weighted by Gasteiger charge is 2.91. The normalized spacial score (nSPS) is 14.0. The van der Waals surface area contributed by atoms with Crippen molar-refractivity contribution in [2.24, 2.45) is 0 Å². The van der Waals surface area contributed by atoms with Crippen LogP contribution in [0.3, 0.4) is 0 Å². The number of hydrogen-bond acceptors (Lipinski definition) is 4. The number of hydrogen-bond donors (Lipinski definition) is 0. The predicted molar refractivity (Wildman–Crippen MR) is 81.0 cm³/mol. The first kappa shape index (κ1) is 29.6. The molecule has 0 saturated carbocycles. The fraction of sp³-hybridized carbons (Fsp3) is 0.625. The molecule has 0 aliphatic carbocycles. The molecule has 32 heavy (non-hydrogen) atoms. The van der Waals surface area contributed by atoms with Crippen molar-refractivity contribution < 1.29 is 71.7 Å². The van der Waals surface area contributed by atoms with Crippen molar-refractivity contribution >= 4 is 11.9 Å². The summed E-state index contributed by atoms with van der Waals surface area (Å²) < 4.78 is 169. The van der Waals surface area contributed by atoms with E-state index >= 15 is 0 Å². The Hall–Kier alpha value is -2.42. The van der Waals surface area contributed by atoms with Crippen molar-refractivity contribution in [2.75, 3.05) is 6.61 Å². The van der Waals surface area contributed by atoms with Crippen LogP contribution < -0.4 is 0 Å². The zero-order chi connectivity index (χ0) is 25.8. The largest absolute Gasteiger partial charge is 0.473 e. The van der Waals surface area contributed by atoms with E-state index in [1.165, 1.54) is 0 Å². The highest BCUT2D eigenvalue weighted by Crippen LogP contribution is 2.60. The molecule has 0 aliphatic rings. The fourth-order valence-electron chi connectivity index (χ4n) is 1.88. The summed E-state index contributed by atoms with van der Waals surface area (Å²) in [4.78, 5) is 21.2. The van der Waals surface area contributed by atoms with E-state index in [-0.39, 0.29) is 6.08 Å². The molecule has 0 aromatic heterocycles. The lowest BCUT2D eigenvalue weighted by Crippen LogP contribution is -2.71. The van der Waals surface area contributed by atoms with Crippen LogP contribution in [0.5, 0.6) is 0 Å². The lowest BCUT2D eigenvalue weighted by atomic mass is 9.91. The van der Waals surface area contributed by atoms with Crippen LogP contribution in [0.2, 0.25) is 0 Å². The summed E-state index contributed by atoms with van der Waals surface area (Å²) in [5.41, 5.74) is 0. The monoisotopic (exact) mass is 498 g/mol. The molecule has 0 spiro atoms. The van der Waals surface area contributed by atoms with Crippen molar-refractivity contribution in [3.8, 4) is 0 Å². The van der Waals surface area contributed by atoms with Crippen LogP contribution in [-0.4, -0.2) is 54.3 Å². The maximum Gasteiger partial charge on any atom is 0.473 e. The van der Waals surface area contributed by atoms with Crippen LogP contribution in [0.25, 0.3) is 0 Å². The Morgan fingerprint density at radius 2 is 1.09 bits per heavy atom. The zero-order valence-electron chi connectivity index (χ0n) is 15.6. The van der Waals surface area contributed by atoms with Crippen molar-refractivity contribution in [1.29, 1.82) is 0 Å². The number of halogens is 12. The van der Waals surface area contributed by atoms with Crippen LogP contribution >= 0.6 is 0 Å². The van der Waals surface area contributed by atoms with Gasteiger partial charge in [0, 0.05) is 18.6 Å². The van der Waals surface area contributed by atoms with Crippen LogP contribution in [-0.2, 0) is 19.1 Å². The molecule has 0 fully saturated rings. The molecule has 0 aromatic carbocycles. The van der Waals surface area contributed by atoms with Gasteiger partial charge in [0.15, 0.2) is 0 Å². The fourth-order valence-corrected chi connectivity index (χ4v) is 1.88. The predicted octanol–water partition coefficient (Wildman–Crippen LogP) is 5.38. The molecule has 0 heterocycles. The summed E-state index contributed by atoms with van der Waals surface area (Å²) in [5.74, 6) is -40.2. The number of ether oxygens (including phenoxy) is 2. The highest BCUT2D eigenvalue weighted by molar-refractivity contribution is 5.81. The lowest BCUT2D eigenvalue weighted by molar-refractivity contribution is -0.450. The second-order valence-electron chi connectivity index (χ2n) is 5.97. The third-order valence-electron chi connectivity index (χ3n) is 3.70. The summed E-state index contributed by atoms with van der Waals surface area (Å²) in [6.07, 6.45) is -10.7. The molecule has 4 nitrogen and oxygen atoms in total. The molecule has 0 rings (SSSR count). The zero-order valence-corrected chi connectivity index (χ0v) is 15.6. The van der Waals surface area contributed by atoms with Crippen LogP contribution in [0.15, 0.2) is 25.3 Å². The van der Waals surface area contributed by atoms with E-state index in [0.717, 1.165) is 0 Å². The van der Waals surface area contributed by atoms with E-state index in [9.17, 15) is 62.3 Å². The SMILES string of the molecule is C=CC(=O)OCCCCC(F)(F)C(F)(F)C(F)(F)C(F)(F)C(F)(F)C(F)(F)OC(=O)C=C. The minimum absolute atomic E-state index is 0.282. The van der Waals surface area contributed by atoms with E-state index < -0.39 is 73.5 Å². The van der Waals surface area contributed by atoms with Crippen molar-refractivity contribution in [1.82, 2.24) is 0 Å². The number of carbonyl (C=O) groups excluding carboxylic acids is 2. The summed E-state index contributed by atoms with van der Waals surface area (Å²) in [6, 6.07) is 0. The lowest BCUT2D eigenvalue weighted by Gasteiger charge is -2.40. The Kier molecular flexibility index (Phi) is 8.88. The Morgan fingerprint density at radius 1 is 0.656 bits per heavy atom. The van der Waals surface area contributed by atoms with Gasteiger partial charge in [-0.3, -0.25) is 0 Å². The standard InChI is InChI=1S/C16H14F12O4/c1-3-9(29)31-8-6-5-7-11(17,18)12(19,20)13(21,22)14(23,24)15(25,26)16(27,28)32-10(30)4-2/h3-4H,1-2,5-8H2. The molecule has 0 unspecified atom stereocenters. The second kappa shape index (κ2) is 9.60. The first-order valence-corrected chi connectivity index (χ1v) is 8.07. The van der Waals surface area contributed by atoms with Gasteiger partial charge in [0.2, 0.25) is 0 Å². The molecule has 0 N–H and O–H groups in total. The molecule has 16 heteroatoms. The Morgan fingerprint density at radius 3 is 1.53 bits per heavy atom. The van der Waals surface area contributed by atoms with Crippen LogP contribution in [0.1, 0.15) is 19.3 Å². The summed E-state index contributed by atoms with van der Waals surface area (Å²) >= 11 is 0. The van der Waals surface area contributed by atoms with Crippen molar-refractivity contribution in [3.63, 3.8) is 0 Å². The van der Waals surface area contributed by atoms with E-state index in [1.54, 1.807) is 0 Å². The molecule has 0 saturated heterocycles. The van der Waals surface area contributed by atoms with E-state index in [0.29, 0.717) is 6.08 Å². The summed E-state index contributed by atoms with van der Waals surface area (Å²) in [7, 11) is 0. The van der Waals surface area contributed by atoms with Gasteiger partial charge in [-0.05, 0) is 12.8 Å².